The Labute approximate surface area is 60.0 Å². The maximum Gasteiger partial charge on any atom is 0.290 e. The van der Waals surface area contributed by atoms with Gasteiger partial charge in [0.05, 0.1) is 0 Å². The van der Waals surface area contributed by atoms with Gasteiger partial charge in [-0.3, -0.25) is 9.59 Å². The van der Waals surface area contributed by atoms with E-state index in [2.05, 4.69) is 0 Å². The molecule has 0 fully saturated rings. The van der Waals surface area contributed by atoms with Crippen LogP contribution < -0.4 is 5.73 Å². The summed E-state index contributed by atoms with van der Waals surface area (Å²) in [7, 11) is 0. The SMILES string of the molecule is CC(C)CC(N)=O.O=CO. The number of amides is 1. The van der Waals surface area contributed by atoms with E-state index in [4.69, 9.17) is 15.6 Å². The predicted octanol–water partition coefficient (Wildman–Crippen LogP) is 0.219. The van der Waals surface area contributed by atoms with Crippen LogP contribution in [0, 0.1) is 5.92 Å². The van der Waals surface area contributed by atoms with Crippen LogP contribution in [0.15, 0.2) is 0 Å². The standard InChI is InChI=1S/C5H11NO.CH2O2/c1-4(2)3-5(6)7;2-1-3/h4H,3H2,1-2H3,(H2,6,7);1H,(H,2,3). The maximum absolute atomic E-state index is 10.0. The van der Waals surface area contributed by atoms with Crippen molar-refractivity contribution in [2.45, 2.75) is 20.3 Å². The van der Waals surface area contributed by atoms with Gasteiger partial charge in [-0.2, -0.15) is 0 Å². The Morgan fingerprint density at radius 2 is 2.00 bits per heavy atom. The summed E-state index contributed by atoms with van der Waals surface area (Å²) in [5.74, 6) is 0.188. The van der Waals surface area contributed by atoms with Crippen molar-refractivity contribution >= 4 is 12.4 Å². The molecule has 4 heteroatoms. The van der Waals surface area contributed by atoms with E-state index >= 15 is 0 Å². The zero-order chi connectivity index (χ0) is 8.57. The first-order valence-corrected chi connectivity index (χ1v) is 2.90. The first-order valence-electron chi connectivity index (χ1n) is 2.90. The Balaban J connectivity index is 0. The largest absolute Gasteiger partial charge is 0.483 e. The molecule has 0 aromatic carbocycles. The van der Waals surface area contributed by atoms with Crippen molar-refractivity contribution in [1.82, 2.24) is 0 Å². The molecule has 0 spiro atoms. The molecule has 0 unspecified atom stereocenters. The first-order chi connectivity index (χ1) is 4.54. The lowest BCUT2D eigenvalue weighted by atomic mass is 10.1. The van der Waals surface area contributed by atoms with E-state index in [-0.39, 0.29) is 12.4 Å². The van der Waals surface area contributed by atoms with E-state index in [0.717, 1.165) is 0 Å². The van der Waals surface area contributed by atoms with Crippen LogP contribution in [0.4, 0.5) is 0 Å². The average Bonchev–Trinajstić information content (AvgIpc) is 1.62. The van der Waals surface area contributed by atoms with E-state index in [1.54, 1.807) is 0 Å². The summed E-state index contributed by atoms with van der Waals surface area (Å²) in [6.45, 7) is 3.68. The summed E-state index contributed by atoms with van der Waals surface area (Å²) in [6.07, 6.45) is 0.500. The van der Waals surface area contributed by atoms with Gasteiger partial charge in [-0.25, -0.2) is 0 Å². The summed E-state index contributed by atoms with van der Waals surface area (Å²) >= 11 is 0. The average molecular weight is 147 g/mol. The lowest BCUT2D eigenvalue weighted by molar-refractivity contribution is -0.123. The van der Waals surface area contributed by atoms with E-state index in [1.165, 1.54) is 0 Å². The molecule has 0 aliphatic rings. The van der Waals surface area contributed by atoms with Crippen molar-refractivity contribution in [3.8, 4) is 0 Å². The predicted molar refractivity (Wildman–Crippen MR) is 37.3 cm³/mol. The molecular weight excluding hydrogens is 134 g/mol. The molecule has 0 radical (unpaired) electrons. The minimum absolute atomic E-state index is 0.213. The molecule has 0 bridgehead atoms. The Morgan fingerprint density at radius 3 is 2.00 bits per heavy atom. The first kappa shape index (κ1) is 11.7. The fourth-order valence-corrected chi connectivity index (χ4v) is 0.402. The van der Waals surface area contributed by atoms with Crippen LogP contribution in [0.1, 0.15) is 20.3 Å². The molecule has 0 atom stereocenters. The smallest absolute Gasteiger partial charge is 0.290 e. The summed E-state index contributed by atoms with van der Waals surface area (Å²) in [5, 5.41) is 6.89. The van der Waals surface area contributed by atoms with Gasteiger partial charge in [0, 0.05) is 6.42 Å². The molecule has 4 nitrogen and oxygen atoms in total. The lowest BCUT2D eigenvalue weighted by Gasteiger charge is -1.95. The second-order valence-corrected chi connectivity index (χ2v) is 2.17. The fraction of sp³-hybridized carbons (Fsp3) is 0.667. The van der Waals surface area contributed by atoms with Crippen molar-refractivity contribution in [2.75, 3.05) is 0 Å². The zero-order valence-electron chi connectivity index (χ0n) is 6.20. The Hall–Kier alpha value is -1.06. The van der Waals surface area contributed by atoms with Crippen LogP contribution in [0.5, 0.6) is 0 Å². The number of carbonyl (C=O) groups excluding carboxylic acids is 1. The van der Waals surface area contributed by atoms with E-state index in [9.17, 15) is 4.79 Å². The highest BCUT2D eigenvalue weighted by Crippen LogP contribution is 1.95. The minimum atomic E-state index is -0.250. The van der Waals surface area contributed by atoms with Crippen molar-refractivity contribution in [3.05, 3.63) is 0 Å². The quantitative estimate of drug-likeness (QED) is 0.548. The van der Waals surface area contributed by atoms with Crippen LogP contribution in [0.2, 0.25) is 0 Å². The van der Waals surface area contributed by atoms with Gasteiger partial charge >= 0.3 is 0 Å². The van der Waals surface area contributed by atoms with Crippen LogP contribution >= 0.6 is 0 Å². The summed E-state index contributed by atoms with van der Waals surface area (Å²) in [5.41, 5.74) is 4.85. The van der Waals surface area contributed by atoms with Gasteiger partial charge in [-0.05, 0) is 5.92 Å². The maximum atomic E-state index is 10.0. The molecule has 0 aliphatic heterocycles. The molecule has 0 heterocycles. The van der Waals surface area contributed by atoms with Crippen LogP contribution in [0.25, 0.3) is 0 Å². The van der Waals surface area contributed by atoms with Crippen molar-refractivity contribution < 1.29 is 14.7 Å². The molecular formula is C6H13NO3. The van der Waals surface area contributed by atoms with Gasteiger partial charge in [0.2, 0.25) is 5.91 Å². The Bertz CT molecular complexity index is 101. The summed E-state index contributed by atoms with van der Waals surface area (Å²) in [4.78, 5) is 18.4. The monoisotopic (exact) mass is 147 g/mol. The number of carbonyl (C=O) groups is 2. The number of nitrogens with two attached hydrogens (primary N) is 1. The molecule has 0 saturated heterocycles. The molecule has 3 N–H and O–H groups in total. The van der Waals surface area contributed by atoms with Gasteiger partial charge in [-0.1, -0.05) is 13.8 Å². The lowest BCUT2D eigenvalue weighted by Crippen LogP contribution is -2.12. The van der Waals surface area contributed by atoms with Crippen LogP contribution in [-0.4, -0.2) is 17.5 Å². The number of hydrogen-bond donors (Lipinski definition) is 2. The van der Waals surface area contributed by atoms with Gasteiger partial charge in [-0.15, -0.1) is 0 Å². The summed E-state index contributed by atoms with van der Waals surface area (Å²) in [6, 6.07) is 0. The van der Waals surface area contributed by atoms with Gasteiger partial charge in [0.15, 0.2) is 0 Å². The molecule has 0 aliphatic carbocycles. The third kappa shape index (κ3) is 28.3. The second-order valence-electron chi connectivity index (χ2n) is 2.17. The van der Waals surface area contributed by atoms with E-state index < -0.39 is 0 Å². The zero-order valence-corrected chi connectivity index (χ0v) is 6.20. The molecule has 0 rings (SSSR count). The molecule has 0 saturated carbocycles. The Kier molecular flexibility index (Phi) is 9.29. The van der Waals surface area contributed by atoms with Gasteiger partial charge in [0.1, 0.15) is 0 Å². The third-order valence-electron chi connectivity index (χ3n) is 0.609. The molecule has 0 aromatic heterocycles. The molecule has 0 aromatic rings. The van der Waals surface area contributed by atoms with Crippen LogP contribution in [0.3, 0.4) is 0 Å². The van der Waals surface area contributed by atoms with Crippen molar-refractivity contribution in [3.63, 3.8) is 0 Å². The normalized spacial score (nSPS) is 7.90. The number of carboxylic acid groups (broad SMARTS) is 1. The third-order valence-corrected chi connectivity index (χ3v) is 0.609. The highest BCUT2D eigenvalue weighted by atomic mass is 16.3. The summed E-state index contributed by atoms with van der Waals surface area (Å²) < 4.78 is 0. The van der Waals surface area contributed by atoms with Gasteiger partial charge < -0.3 is 10.8 Å². The van der Waals surface area contributed by atoms with E-state index in [0.29, 0.717) is 12.3 Å². The van der Waals surface area contributed by atoms with E-state index in [1.807, 2.05) is 13.8 Å². The van der Waals surface area contributed by atoms with Crippen molar-refractivity contribution in [2.24, 2.45) is 11.7 Å². The highest BCUT2D eigenvalue weighted by Gasteiger charge is 1.96. The molecule has 60 valence electrons. The fourth-order valence-electron chi connectivity index (χ4n) is 0.402. The minimum Gasteiger partial charge on any atom is -0.483 e. The number of hydrogen-bond acceptors (Lipinski definition) is 2. The number of primary amides is 1. The van der Waals surface area contributed by atoms with Crippen LogP contribution in [-0.2, 0) is 9.59 Å². The topological polar surface area (TPSA) is 80.4 Å². The highest BCUT2D eigenvalue weighted by molar-refractivity contribution is 5.73. The second kappa shape index (κ2) is 7.94. The number of rotatable bonds is 2. The molecule has 10 heavy (non-hydrogen) atoms. The Morgan fingerprint density at radius 1 is 1.70 bits per heavy atom. The molecule has 1 amide bonds. The van der Waals surface area contributed by atoms with Crippen molar-refractivity contribution in [1.29, 1.82) is 0 Å². The van der Waals surface area contributed by atoms with Gasteiger partial charge in [0.25, 0.3) is 6.47 Å².